The molecule has 0 spiro atoms. The summed E-state index contributed by atoms with van der Waals surface area (Å²) in [5.41, 5.74) is 3.82. The van der Waals surface area contributed by atoms with Gasteiger partial charge in [-0.15, -0.1) is 11.3 Å². The van der Waals surface area contributed by atoms with Crippen LogP contribution in [0.1, 0.15) is 16.8 Å². The fraction of sp³-hybridized carbons (Fsp3) is 0.158. The summed E-state index contributed by atoms with van der Waals surface area (Å²) in [5, 5.41) is 4.65. The van der Waals surface area contributed by atoms with Gasteiger partial charge in [-0.25, -0.2) is 9.37 Å². The molecule has 3 nitrogen and oxygen atoms in total. The highest BCUT2D eigenvalue weighted by Gasteiger charge is 2.09. The number of anilines is 1. The van der Waals surface area contributed by atoms with Gasteiger partial charge in [0.15, 0.2) is 0 Å². The Kier molecular flexibility index (Phi) is 5.83. The predicted molar refractivity (Wildman–Crippen MR) is 102 cm³/mol. The topological polar surface area (TPSA) is 42.0 Å². The molecule has 0 atom stereocenters. The first kappa shape index (κ1) is 17.6. The van der Waals surface area contributed by atoms with E-state index < -0.39 is 0 Å². The van der Waals surface area contributed by atoms with Gasteiger partial charge >= 0.3 is 0 Å². The number of rotatable bonds is 6. The lowest BCUT2D eigenvalue weighted by atomic mass is 10.2. The first-order valence-corrected chi connectivity index (χ1v) is 9.63. The van der Waals surface area contributed by atoms with Crippen LogP contribution in [0.5, 0.6) is 0 Å². The summed E-state index contributed by atoms with van der Waals surface area (Å²) in [6.07, 6.45) is 0.207. The number of thiazole rings is 1. The number of thioether (sulfide) groups is 1. The number of nitrogens with zero attached hydrogens (tertiary/aromatic N) is 1. The molecule has 0 aliphatic heterocycles. The number of halogens is 1. The maximum Gasteiger partial charge on any atom is 0.230 e. The summed E-state index contributed by atoms with van der Waals surface area (Å²) >= 11 is 3.21. The van der Waals surface area contributed by atoms with Gasteiger partial charge in [-0.3, -0.25) is 4.79 Å². The van der Waals surface area contributed by atoms with Gasteiger partial charge in [0.05, 0.1) is 12.1 Å². The summed E-state index contributed by atoms with van der Waals surface area (Å²) in [6, 6.07) is 14.1. The van der Waals surface area contributed by atoms with Crippen molar-refractivity contribution in [2.45, 2.75) is 23.4 Å². The highest BCUT2D eigenvalue weighted by Crippen LogP contribution is 2.26. The third-order valence-corrected chi connectivity index (χ3v) is 5.62. The summed E-state index contributed by atoms with van der Waals surface area (Å²) in [5.74, 6) is 0.370. The van der Waals surface area contributed by atoms with Crippen LogP contribution in [0.2, 0.25) is 0 Å². The van der Waals surface area contributed by atoms with Gasteiger partial charge < -0.3 is 5.32 Å². The first-order valence-electron chi connectivity index (χ1n) is 7.77. The van der Waals surface area contributed by atoms with Gasteiger partial charge in [-0.05, 0) is 36.8 Å². The molecular weight excluding hydrogens is 355 g/mol. The summed E-state index contributed by atoms with van der Waals surface area (Å²) < 4.78 is 13.8. The molecule has 6 heteroatoms. The Morgan fingerprint density at radius 2 is 1.88 bits per heavy atom. The quantitative estimate of drug-likeness (QED) is 0.615. The van der Waals surface area contributed by atoms with Crippen LogP contribution in [0, 0.1) is 12.7 Å². The molecule has 1 N–H and O–H groups in total. The number of hydrogen-bond acceptors (Lipinski definition) is 4. The van der Waals surface area contributed by atoms with Crippen LogP contribution >= 0.6 is 23.1 Å². The zero-order valence-corrected chi connectivity index (χ0v) is 15.3. The molecule has 0 radical (unpaired) electrons. The Hall–Kier alpha value is -2.18. The van der Waals surface area contributed by atoms with Gasteiger partial charge in [-0.1, -0.05) is 41.6 Å². The van der Waals surface area contributed by atoms with Crippen LogP contribution in [0.3, 0.4) is 0 Å². The van der Waals surface area contributed by atoms with E-state index in [0.717, 1.165) is 15.8 Å². The molecule has 1 amide bonds. The molecule has 0 saturated heterocycles. The number of carbonyl (C=O) groups excluding carboxylic acids is 1. The molecule has 0 aliphatic rings. The van der Waals surface area contributed by atoms with Crippen molar-refractivity contribution in [3.05, 3.63) is 76.5 Å². The number of aryl methyl sites for hydroxylation is 1. The maximum atomic E-state index is 12.9. The van der Waals surface area contributed by atoms with Crippen molar-refractivity contribution in [2.24, 2.45) is 0 Å². The minimum Gasteiger partial charge on any atom is -0.326 e. The molecule has 128 valence electrons. The second-order valence-corrected chi connectivity index (χ2v) is 7.69. The molecule has 2 aromatic carbocycles. The van der Waals surface area contributed by atoms with E-state index in [1.165, 1.54) is 35.4 Å². The van der Waals surface area contributed by atoms with Crippen molar-refractivity contribution in [2.75, 3.05) is 5.32 Å². The summed E-state index contributed by atoms with van der Waals surface area (Å²) in [7, 11) is 0. The Labute approximate surface area is 154 Å². The van der Waals surface area contributed by atoms with Crippen molar-refractivity contribution in [3.8, 4) is 0 Å². The molecule has 0 fully saturated rings. The van der Waals surface area contributed by atoms with Gasteiger partial charge in [0.25, 0.3) is 0 Å². The van der Waals surface area contributed by atoms with E-state index in [9.17, 15) is 9.18 Å². The highest BCUT2D eigenvalue weighted by atomic mass is 32.2. The first-order chi connectivity index (χ1) is 12.1. The number of carbonyl (C=O) groups is 1. The molecule has 0 unspecified atom stereocenters. The van der Waals surface area contributed by atoms with Gasteiger partial charge in [0, 0.05) is 16.8 Å². The number of benzene rings is 2. The van der Waals surface area contributed by atoms with Crippen LogP contribution < -0.4 is 5.32 Å². The van der Waals surface area contributed by atoms with Crippen molar-refractivity contribution in [1.82, 2.24) is 4.98 Å². The van der Waals surface area contributed by atoms with E-state index in [0.29, 0.717) is 5.69 Å². The highest BCUT2D eigenvalue weighted by molar-refractivity contribution is 8.00. The molecule has 1 aromatic heterocycles. The van der Waals surface area contributed by atoms with Crippen molar-refractivity contribution >= 4 is 34.7 Å². The average Bonchev–Trinajstić information content (AvgIpc) is 3.04. The van der Waals surface area contributed by atoms with Gasteiger partial charge in [-0.2, -0.15) is 0 Å². The molecule has 0 bridgehead atoms. The van der Waals surface area contributed by atoms with E-state index >= 15 is 0 Å². The standard InChI is InChI=1S/C19H17FN2OS2/c1-13-2-4-14(5-3-13)11-24-19-22-17(12-25-19)10-18(23)21-16-8-6-15(20)7-9-16/h2-9,12H,10-11H2,1H3,(H,21,23). The fourth-order valence-electron chi connectivity index (χ4n) is 2.17. The van der Waals surface area contributed by atoms with Crippen molar-refractivity contribution in [3.63, 3.8) is 0 Å². The lowest BCUT2D eigenvalue weighted by Gasteiger charge is -2.03. The predicted octanol–water partition coefficient (Wildman–Crippen LogP) is 5.06. The zero-order chi connectivity index (χ0) is 17.6. The summed E-state index contributed by atoms with van der Waals surface area (Å²) in [4.78, 5) is 16.5. The molecule has 1 heterocycles. The second kappa shape index (κ2) is 8.27. The van der Waals surface area contributed by atoms with E-state index in [2.05, 4.69) is 41.5 Å². The summed E-state index contributed by atoms with van der Waals surface area (Å²) in [6.45, 7) is 2.07. The van der Waals surface area contributed by atoms with Crippen molar-refractivity contribution in [1.29, 1.82) is 0 Å². The van der Waals surface area contributed by atoms with E-state index in [1.807, 2.05) is 5.38 Å². The van der Waals surface area contributed by atoms with Crippen LogP contribution in [0.4, 0.5) is 10.1 Å². The normalized spacial score (nSPS) is 10.6. The molecular formula is C19H17FN2OS2. The van der Waals surface area contributed by atoms with Crippen LogP contribution in [0.25, 0.3) is 0 Å². The van der Waals surface area contributed by atoms with Crippen LogP contribution in [-0.2, 0) is 17.0 Å². The number of hydrogen-bond donors (Lipinski definition) is 1. The molecule has 0 saturated carbocycles. The Morgan fingerprint density at radius 1 is 1.16 bits per heavy atom. The SMILES string of the molecule is Cc1ccc(CSc2nc(CC(=O)Nc3ccc(F)cc3)cs2)cc1. The maximum absolute atomic E-state index is 12.9. The Bertz CT molecular complexity index is 845. The third kappa shape index (κ3) is 5.41. The number of amides is 1. The number of nitrogens with one attached hydrogen (secondary N) is 1. The van der Waals surface area contributed by atoms with Gasteiger partial charge in [0.1, 0.15) is 10.2 Å². The minimum atomic E-state index is -0.326. The fourth-order valence-corrected chi connectivity index (χ4v) is 3.97. The molecule has 25 heavy (non-hydrogen) atoms. The Balaban J connectivity index is 1.51. The van der Waals surface area contributed by atoms with Crippen molar-refractivity contribution < 1.29 is 9.18 Å². The monoisotopic (exact) mass is 372 g/mol. The number of aromatic nitrogens is 1. The third-order valence-electron chi connectivity index (χ3n) is 3.48. The van der Waals surface area contributed by atoms with Crippen LogP contribution in [0.15, 0.2) is 58.3 Å². The largest absolute Gasteiger partial charge is 0.326 e. The Morgan fingerprint density at radius 3 is 2.60 bits per heavy atom. The lowest BCUT2D eigenvalue weighted by Crippen LogP contribution is -2.14. The second-order valence-electron chi connectivity index (χ2n) is 5.61. The van der Waals surface area contributed by atoms with E-state index in [-0.39, 0.29) is 18.1 Å². The molecule has 3 aromatic rings. The molecule has 0 aliphatic carbocycles. The van der Waals surface area contributed by atoms with E-state index in [1.54, 1.807) is 23.1 Å². The van der Waals surface area contributed by atoms with Gasteiger partial charge in [0.2, 0.25) is 5.91 Å². The van der Waals surface area contributed by atoms with Crippen LogP contribution in [-0.4, -0.2) is 10.9 Å². The van der Waals surface area contributed by atoms with E-state index in [4.69, 9.17) is 0 Å². The average molecular weight is 372 g/mol. The minimum absolute atomic E-state index is 0.160. The molecule has 3 rings (SSSR count). The zero-order valence-electron chi connectivity index (χ0n) is 13.7. The lowest BCUT2D eigenvalue weighted by molar-refractivity contribution is -0.115. The smallest absolute Gasteiger partial charge is 0.230 e.